The van der Waals surface area contributed by atoms with Crippen molar-refractivity contribution in [2.75, 3.05) is 13.1 Å². The van der Waals surface area contributed by atoms with Crippen molar-refractivity contribution < 1.29 is 0 Å². The number of rotatable bonds is 3. The molecule has 0 aliphatic carbocycles. The fraction of sp³-hybridized carbons (Fsp3) is 1.00. The molecular formula is C2H7Cl3N2Si. The van der Waals surface area contributed by atoms with E-state index < -0.39 is 6.16 Å². The first-order valence-corrected chi connectivity index (χ1v) is 7.11. The van der Waals surface area contributed by atoms with Gasteiger partial charge in [0.05, 0.1) is 0 Å². The third kappa shape index (κ3) is 7.01. The van der Waals surface area contributed by atoms with E-state index in [1.54, 1.807) is 0 Å². The maximum atomic E-state index is 5.42. The standard InChI is InChI=1S/C2H7Cl3N2Si/c3-8(4,5)7-2-1-6/h7H,1-2,6H2. The van der Waals surface area contributed by atoms with Gasteiger partial charge in [0.15, 0.2) is 0 Å². The zero-order valence-electron chi connectivity index (χ0n) is 4.13. The lowest BCUT2D eigenvalue weighted by Gasteiger charge is -2.06. The lowest BCUT2D eigenvalue weighted by atomic mass is 10.7. The lowest BCUT2D eigenvalue weighted by molar-refractivity contribution is 0.899. The van der Waals surface area contributed by atoms with Crippen molar-refractivity contribution >= 4 is 39.4 Å². The summed E-state index contributed by atoms with van der Waals surface area (Å²) >= 11 is 16.2. The van der Waals surface area contributed by atoms with E-state index in [0.717, 1.165) is 0 Å². The van der Waals surface area contributed by atoms with E-state index in [1.807, 2.05) is 0 Å². The highest BCUT2D eigenvalue weighted by atomic mass is 35.8. The SMILES string of the molecule is NCCN[Si](Cl)(Cl)Cl. The van der Waals surface area contributed by atoms with Crippen LogP contribution in [0.25, 0.3) is 0 Å². The highest BCUT2D eigenvalue weighted by Gasteiger charge is 2.23. The maximum absolute atomic E-state index is 5.42. The van der Waals surface area contributed by atoms with Crippen LogP contribution in [0.5, 0.6) is 0 Å². The number of hydrogen-bond donors (Lipinski definition) is 2. The summed E-state index contributed by atoms with van der Waals surface area (Å²) in [4.78, 5) is 2.68. The Morgan fingerprint density at radius 2 is 1.88 bits per heavy atom. The summed E-state index contributed by atoms with van der Waals surface area (Å²) in [6.07, 6.45) is -2.59. The van der Waals surface area contributed by atoms with Crippen LogP contribution >= 0.6 is 33.2 Å². The predicted molar refractivity (Wildman–Crippen MR) is 40.4 cm³/mol. The van der Waals surface area contributed by atoms with Gasteiger partial charge in [-0.15, -0.1) is 33.2 Å². The first-order chi connectivity index (χ1) is 3.56. The Labute approximate surface area is 63.5 Å². The summed E-state index contributed by atoms with van der Waals surface area (Å²) in [5.41, 5.74) is 5.12. The van der Waals surface area contributed by atoms with Crippen LogP contribution in [0.4, 0.5) is 0 Å². The molecule has 0 aliphatic rings. The summed E-state index contributed by atoms with van der Waals surface area (Å²) in [6, 6.07) is 0. The van der Waals surface area contributed by atoms with Gasteiger partial charge >= 0.3 is 6.16 Å². The molecule has 0 aromatic rings. The summed E-state index contributed by atoms with van der Waals surface area (Å²) in [6.45, 7) is 1.07. The molecule has 50 valence electrons. The van der Waals surface area contributed by atoms with E-state index in [2.05, 4.69) is 4.98 Å². The average molecular weight is 194 g/mol. The van der Waals surface area contributed by atoms with E-state index in [1.165, 1.54) is 0 Å². The topological polar surface area (TPSA) is 38.0 Å². The second-order valence-electron chi connectivity index (χ2n) is 1.21. The molecule has 0 fully saturated rings. The molecule has 0 amide bonds. The van der Waals surface area contributed by atoms with E-state index in [9.17, 15) is 0 Å². The van der Waals surface area contributed by atoms with Gasteiger partial charge in [-0.2, -0.15) is 0 Å². The van der Waals surface area contributed by atoms with Crippen LogP contribution in [-0.2, 0) is 0 Å². The monoisotopic (exact) mass is 192 g/mol. The third-order valence-corrected chi connectivity index (χ3v) is 2.32. The normalized spacial score (nSPS) is 12.0. The van der Waals surface area contributed by atoms with Gasteiger partial charge < -0.3 is 10.7 Å². The van der Waals surface area contributed by atoms with E-state index in [4.69, 9.17) is 39.0 Å². The summed E-state index contributed by atoms with van der Waals surface area (Å²) in [5.74, 6) is 0. The smallest absolute Gasteiger partial charge is 0.329 e. The van der Waals surface area contributed by atoms with Crippen LogP contribution in [0.2, 0.25) is 0 Å². The fourth-order valence-corrected chi connectivity index (χ4v) is 1.49. The van der Waals surface area contributed by atoms with Gasteiger partial charge in [0.2, 0.25) is 0 Å². The molecule has 0 aromatic carbocycles. The minimum absolute atomic E-state index is 0.501. The van der Waals surface area contributed by atoms with Crippen LogP contribution in [0, 0.1) is 0 Å². The molecule has 0 rings (SSSR count). The van der Waals surface area contributed by atoms with Crippen molar-refractivity contribution in [3.05, 3.63) is 0 Å². The number of halogens is 3. The molecule has 8 heavy (non-hydrogen) atoms. The number of nitrogens with one attached hydrogen (secondary N) is 1. The molecule has 0 saturated carbocycles. The summed E-state index contributed by atoms with van der Waals surface area (Å²) in [5, 5.41) is 0. The zero-order chi connectivity index (χ0) is 6.62. The van der Waals surface area contributed by atoms with Crippen LogP contribution in [0.1, 0.15) is 0 Å². The first-order valence-electron chi connectivity index (χ1n) is 2.08. The highest BCUT2D eigenvalue weighted by molar-refractivity contribution is 7.63. The molecule has 6 heteroatoms. The lowest BCUT2D eigenvalue weighted by Crippen LogP contribution is -2.37. The molecule has 0 radical (unpaired) electrons. The Morgan fingerprint density at radius 1 is 1.38 bits per heavy atom. The number of nitrogens with two attached hydrogens (primary N) is 1. The van der Waals surface area contributed by atoms with E-state index in [0.29, 0.717) is 13.1 Å². The van der Waals surface area contributed by atoms with Gasteiger partial charge in [-0.05, 0) is 0 Å². The third-order valence-electron chi connectivity index (χ3n) is 0.470. The Balaban J connectivity index is 3.11. The summed E-state index contributed by atoms with van der Waals surface area (Å²) in [7, 11) is 0. The maximum Gasteiger partial charge on any atom is 0.421 e. The van der Waals surface area contributed by atoms with Crippen LogP contribution < -0.4 is 10.7 Å². The Kier molecular flexibility index (Phi) is 4.42. The van der Waals surface area contributed by atoms with E-state index >= 15 is 0 Å². The minimum Gasteiger partial charge on any atom is -0.329 e. The molecule has 3 N–H and O–H groups in total. The van der Waals surface area contributed by atoms with Crippen LogP contribution in [0.3, 0.4) is 0 Å². The second kappa shape index (κ2) is 3.93. The van der Waals surface area contributed by atoms with Crippen molar-refractivity contribution in [3.8, 4) is 0 Å². The summed E-state index contributed by atoms with van der Waals surface area (Å²) < 4.78 is 0. The van der Waals surface area contributed by atoms with Crippen molar-refractivity contribution in [1.82, 2.24) is 4.98 Å². The Hall–Kier alpha value is 1.01. The Bertz CT molecular complexity index is 62.8. The molecule has 0 bridgehead atoms. The van der Waals surface area contributed by atoms with Gasteiger partial charge in [0.25, 0.3) is 0 Å². The average Bonchev–Trinajstić information content (AvgIpc) is 1.59. The van der Waals surface area contributed by atoms with Gasteiger partial charge in [-0.1, -0.05) is 0 Å². The zero-order valence-corrected chi connectivity index (χ0v) is 7.39. The molecule has 0 saturated heterocycles. The molecule has 2 nitrogen and oxygen atoms in total. The van der Waals surface area contributed by atoms with Gasteiger partial charge in [-0.3, -0.25) is 0 Å². The molecule has 0 atom stereocenters. The molecule has 0 heterocycles. The Morgan fingerprint density at radius 3 is 2.00 bits per heavy atom. The predicted octanol–water partition coefficient (Wildman–Crippen LogP) is 0.687. The van der Waals surface area contributed by atoms with Crippen LogP contribution in [0.15, 0.2) is 0 Å². The van der Waals surface area contributed by atoms with Crippen molar-refractivity contribution in [2.24, 2.45) is 5.73 Å². The highest BCUT2D eigenvalue weighted by Crippen LogP contribution is 2.14. The molecule has 0 aromatic heterocycles. The number of hydrogen-bond acceptors (Lipinski definition) is 2. The second-order valence-corrected chi connectivity index (χ2v) is 9.41. The van der Waals surface area contributed by atoms with Gasteiger partial charge in [0, 0.05) is 13.1 Å². The van der Waals surface area contributed by atoms with Gasteiger partial charge in [0.1, 0.15) is 0 Å². The van der Waals surface area contributed by atoms with E-state index in [-0.39, 0.29) is 0 Å². The van der Waals surface area contributed by atoms with Crippen LogP contribution in [-0.4, -0.2) is 19.3 Å². The molecule has 0 spiro atoms. The first kappa shape index (κ1) is 9.01. The van der Waals surface area contributed by atoms with Crippen molar-refractivity contribution in [2.45, 2.75) is 0 Å². The van der Waals surface area contributed by atoms with Crippen molar-refractivity contribution in [3.63, 3.8) is 0 Å². The molecule has 0 aliphatic heterocycles. The van der Waals surface area contributed by atoms with Gasteiger partial charge in [-0.25, -0.2) is 0 Å². The molecule has 0 unspecified atom stereocenters. The minimum atomic E-state index is -2.59. The quantitative estimate of drug-likeness (QED) is 0.511. The van der Waals surface area contributed by atoms with Crippen molar-refractivity contribution in [1.29, 1.82) is 0 Å². The molecular weight excluding hydrogens is 186 g/mol. The fourth-order valence-electron chi connectivity index (χ4n) is 0.214. The largest absolute Gasteiger partial charge is 0.421 e.